The first-order valence-corrected chi connectivity index (χ1v) is 5.92. The Bertz CT molecular complexity index is 574. The molecule has 0 bridgehead atoms. The van der Waals surface area contributed by atoms with Gasteiger partial charge in [0.15, 0.2) is 6.23 Å². The van der Waals surface area contributed by atoms with Crippen molar-refractivity contribution >= 4 is 11.6 Å². The lowest BCUT2D eigenvalue weighted by molar-refractivity contribution is -0.0459. The molecule has 106 valence electrons. The first-order valence-electron chi connectivity index (χ1n) is 5.48. The third-order valence-corrected chi connectivity index (χ3v) is 3.41. The van der Waals surface area contributed by atoms with E-state index in [0.29, 0.717) is 0 Å². The molecule has 3 N–H and O–H groups in total. The number of hydrogen-bond donors (Lipinski definition) is 3. The largest absolute Gasteiger partial charge is 0.394 e. The Balaban J connectivity index is 2.43. The van der Waals surface area contributed by atoms with Crippen molar-refractivity contribution in [2.24, 2.45) is 0 Å². The van der Waals surface area contributed by atoms with Gasteiger partial charge in [-0.3, -0.25) is 14.3 Å². The van der Waals surface area contributed by atoms with Gasteiger partial charge in [0, 0.05) is 6.20 Å². The predicted molar refractivity (Wildman–Crippen MR) is 62.8 cm³/mol. The molecule has 1 aliphatic rings. The average Bonchev–Trinajstić information content (AvgIpc) is 2.67. The number of H-pyrrole nitrogens is 1. The van der Waals surface area contributed by atoms with Crippen molar-refractivity contribution in [2.45, 2.75) is 30.5 Å². The van der Waals surface area contributed by atoms with Crippen molar-refractivity contribution in [3.05, 3.63) is 32.6 Å². The molecule has 1 aromatic heterocycles. The molecule has 0 saturated carbocycles. The zero-order chi connectivity index (χ0) is 14.2. The number of aliphatic hydroxyl groups excluding tert-OH is 2. The number of aromatic nitrogens is 2. The summed E-state index contributed by atoms with van der Waals surface area (Å²) < 4.78 is 18.7. The Morgan fingerprint density at radius 2 is 2.21 bits per heavy atom. The number of nitrogens with one attached hydrogen (secondary N) is 1. The Hall–Kier alpha value is -1.22. The maximum absolute atomic E-state index is 12.6. The van der Waals surface area contributed by atoms with E-state index >= 15 is 0 Å². The summed E-state index contributed by atoms with van der Waals surface area (Å²) in [6.45, 7) is -1.53. The minimum Gasteiger partial charge on any atom is -0.394 e. The average molecular weight is 295 g/mol. The number of ether oxygens (including phenoxy) is 1. The normalized spacial score (nSPS) is 30.7. The number of alkyl halides is 2. The highest BCUT2D eigenvalue weighted by Crippen LogP contribution is 2.32. The van der Waals surface area contributed by atoms with Gasteiger partial charge in [0.2, 0.25) is 0 Å². The first kappa shape index (κ1) is 14.2. The SMILES string of the molecule is O=c1[nH]c(=O)n([C@H]2O[C@@H](CO)C(O)C2Cl)cc1CF. The monoisotopic (exact) mass is 294 g/mol. The fourth-order valence-electron chi connectivity index (χ4n) is 1.89. The Morgan fingerprint density at radius 3 is 2.74 bits per heavy atom. The molecule has 9 heteroatoms. The van der Waals surface area contributed by atoms with Crippen molar-refractivity contribution in [2.75, 3.05) is 6.61 Å². The molecule has 4 atom stereocenters. The van der Waals surface area contributed by atoms with Gasteiger partial charge in [-0.05, 0) is 0 Å². The van der Waals surface area contributed by atoms with Gasteiger partial charge in [-0.1, -0.05) is 0 Å². The van der Waals surface area contributed by atoms with E-state index in [0.717, 1.165) is 10.8 Å². The molecule has 2 rings (SSSR count). The summed E-state index contributed by atoms with van der Waals surface area (Å²) in [6.07, 6.45) is -2.22. The van der Waals surface area contributed by atoms with E-state index in [1.807, 2.05) is 4.98 Å². The smallest absolute Gasteiger partial charge is 0.330 e. The zero-order valence-corrected chi connectivity index (χ0v) is 10.4. The van der Waals surface area contributed by atoms with Gasteiger partial charge in [-0.2, -0.15) is 0 Å². The van der Waals surface area contributed by atoms with Crippen LogP contribution < -0.4 is 11.2 Å². The number of rotatable bonds is 3. The quantitative estimate of drug-likeness (QED) is 0.612. The van der Waals surface area contributed by atoms with Gasteiger partial charge >= 0.3 is 5.69 Å². The Morgan fingerprint density at radius 1 is 1.53 bits per heavy atom. The zero-order valence-electron chi connectivity index (χ0n) is 9.62. The van der Waals surface area contributed by atoms with Crippen LogP contribution in [0.1, 0.15) is 11.8 Å². The highest BCUT2D eigenvalue weighted by atomic mass is 35.5. The molecule has 0 aliphatic carbocycles. The fourth-order valence-corrected chi connectivity index (χ4v) is 2.23. The van der Waals surface area contributed by atoms with Crippen molar-refractivity contribution < 1.29 is 19.3 Å². The summed E-state index contributed by atoms with van der Waals surface area (Å²) in [7, 11) is 0. The molecule has 0 aromatic carbocycles. The van der Waals surface area contributed by atoms with Gasteiger partial charge in [0.25, 0.3) is 5.56 Å². The summed E-state index contributed by atoms with van der Waals surface area (Å²) in [4.78, 5) is 24.8. The van der Waals surface area contributed by atoms with Crippen LogP contribution in [-0.4, -0.2) is 44.0 Å². The Kier molecular flexibility index (Phi) is 4.04. The third-order valence-electron chi connectivity index (χ3n) is 2.93. The topological polar surface area (TPSA) is 105 Å². The molecule has 1 aliphatic heterocycles. The summed E-state index contributed by atoms with van der Waals surface area (Å²) in [5.74, 6) is 0. The maximum Gasteiger partial charge on any atom is 0.330 e. The summed E-state index contributed by atoms with van der Waals surface area (Å²) in [6, 6.07) is 0. The Labute approximate surface area is 111 Å². The highest BCUT2D eigenvalue weighted by molar-refractivity contribution is 6.21. The lowest BCUT2D eigenvalue weighted by Gasteiger charge is -2.17. The number of nitrogens with zero attached hydrogens (tertiary/aromatic N) is 1. The molecule has 2 unspecified atom stereocenters. The predicted octanol–water partition coefficient (Wildman–Crippen LogP) is -1.14. The molecule has 19 heavy (non-hydrogen) atoms. The van der Waals surface area contributed by atoms with Crippen molar-refractivity contribution in [1.29, 1.82) is 0 Å². The lowest BCUT2D eigenvalue weighted by Crippen LogP contribution is -2.36. The molecule has 0 radical (unpaired) electrons. The standard InChI is InChI=1S/C10H12ClFN2O5/c11-6-7(16)5(3-15)19-9(6)14-2-4(1-12)8(17)13-10(14)18/h2,5-7,9,15-16H,1,3H2,(H,13,17,18)/t5-,6?,7?,9-/m0/s1. The second-order valence-corrected chi connectivity index (χ2v) is 4.64. The molecule has 0 amide bonds. The van der Waals surface area contributed by atoms with Crippen LogP contribution in [0.15, 0.2) is 15.8 Å². The molecule has 2 heterocycles. The van der Waals surface area contributed by atoms with Crippen LogP contribution in [0.4, 0.5) is 4.39 Å². The molecule has 0 spiro atoms. The minimum atomic E-state index is -1.18. The van der Waals surface area contributed by atoms with Gasteiger partial charge in [0.1, 0.15) is 24.3 Å². The van der Waals surface area contributed by atoms with E-state index in [1.165, 1.54) is 0 Å². The van der Waals surface area contributed by atoms with Crippen LogP contribution in [0.5, 0.6) is 0 Å². The molecular weight excluding hydrogens is 283 g/mol. The third kappa shape index (κ3) is 2.44. The number of aromatic amines is 1. The summed E-state index contributed by atoms with van der Waals surface area (Å²) in [5, 5.41) is 17.7. The minimum absolute atomic E-state index is 0.256. The number of aliphatic hydroxyl groups is 2. The van der Waals surface area contributed by atoms with Gasteiger partial charge in [-0.25, -0.2) is 9.18 Å². The molecule has 7 nitrogen and oxygen atoms in total. The second-order valence-electron chi connectivity index (χ2n) is 4.14. The van der Waals surface area contributed by atoms with Crippen molar-refractivity contribution in [1.82, 2.24) is 9.55 Å². The summed E-state index contributed by atoms with van der Waals surface area (Å²) in [5.41, 5.74) is -1.91. The number of halogens is 2. The molecular formula is C10H12ClFN2O5. The van der Waals surface area contributed by atoms with Gasteiger partial charge in [-0.15, -0.1) is 11.6 Å². The van der Waals surface area contributed by atoms with Crippen LogP contribution in [0, 0.1) is 0 Å². The maximum atomic E-state index is 12.6. The van der Waals surface area contributed by atoms with Crippen molar-refractivity contribution in [3.8, 4) is 0 Å². The van der Waals surface area contributed by atoms with Crippen LogP contribution in [0.25, 0.3) is 0 Å². The van der Waals surface area contributed by atoms with Crippen LogP contribution in [0.3, 0.4) is 0 Å². The van der Waals surface area contributed by atoms with Crippen LogP contribution in [0.2, 0.25) is 0 Å². The first-order chi connectivity index (χ1) is 8.99. The van der Waals surface area contributed by atoms with Crippen molar-refractivity contribution in [3.63, 3.8) is 0 Å². The van der Waals surface area contributed by atoms with Gasteiger partial charge in [0.05, 0.1) is 12.2 Å². The lowest BCUT2D eigenvalue weighted by atomic mass is 10.2. The highest BCUT2D eigenvalue weighted by Gasteiger charge is 2.43. The molecule has 1 saturated heterocycles. The van der Waals surface area contributed by atoms with Gasteiger partial charge < -0.3 is 14.9 Å². The van der Waals surface area contributed by atoms with E-state index in [2.05, 4.69) is 0 Å². The summed E-state index contributed by atoms with van der Waals surface area (Å²) >= 11 is 5.91. The van der Waals surface area contributed by atoms with E-state index in [-0.39, 0.29) is 5.56 Å². The fraction of sp³-hybridized carbons (Fsp3) is 0.600. The van der Waals surface area contributed by atoms with Crippen LogP contribution >= 0.6 is 11.6 Å². The molecule has 1 fully saturated rings. The number of hydrogen-bond acceptors (Lipinski definition) is 5. The van der Waals surface area contributed by atoms with E-state index in [9.17, 15) is 19.1 Å². The van der Waals surface area contributed by atoms with E-state index in [1.54, 1.807) is 0 Å². The molecule has 1 aromatic rings. The van der Waals surface area contributed by atoms with E-state index < -0.39 is 48.3 Å². The van der Waals surface area contributed by atoms with E-state index in [4.69, 9.17) is 21.4 Å². The van der Waals surface area contributed by atoms with Crippen LogP contribution in [-0.2, 0) is 11.4 Å². The second kappa shape index (κ2) is 5.41.